The van der Waals surface area contributed by atoms with E-state index in [-0.39, 0.29) is 17.9 Å². The Hall–Kier alpha value is -1.89. The molecule has 2 bridgehead atoms. The van der Waals surface area contributed by atoms with E-state index in [1.165, 1.54) is 12.8 Å². The van der Waals surface area contributed by atoms with Crippen molar-refractivity contribution in [3.8, 4) is 0 Å². The molecule has 1 atom stereocenters. The quantitative estimate of drug-likeness (QED) is 0.832. The van der Waals surface area contributed by atoms with Gasteiger partial charge in [-0.05, 0) is 64.0 Å². The summed E-state index contributed by atoms with van der Waals surface area (Å²) in [6.07, 6.45) is 7.65. The van der Waals surface area contributed by atoms with Crippen molar-refractivity contribution in [1.82, 2.24) is 24.9 Å². The first-order valence-electron chi connectivity index (χ1n) is 10.8. The lowest BCUT2D eigenvalue weighted by Crippen LogP contribution is -2.41. The van der Waals surface area contributed by atoms with Crippen LogP contribution in [0.3, 0.4) is 0 Å². The minimum absolute atomic E-state index is 0.0740. The van der Waals surface area contributed by atoms with Crippen LogP contribution in [0.4, 0.5) is 0 Å². The molecule has 1 unspecified atom stereocenters. The summed E-state index contributed by atoms with van der Waals surface area (Å²) in [6, 6.07) is 0.156. The maximum absolute atomic E-state index is 12.8. The number of hydrogen-bond donors (Lipinski definition) is 1. The fraction of sp³-hybridized carbons (Fsp3) is 0.762. The van der Waals surface area contributed by atoms with E-state index in [1.54, 1.807) is 0 Å². The minimum Gasteiger partial charge on any atom is -0.351 e. The number of nitrogens with zero attached hydrogens (tertiary/aromatic N) is 4. The van der Waals surface area contributed by atoms with Crippen LogP contribution in [0.5, 0.6) is 0 Å². The topological polar surface area (TPSA) is 70.5 Å². The fourth-order valence-electron chi connectivity index (χ4n) is 4.67. The van der Waals surface area contributed by atoms with E-state index in [0.29, 0.717) is 18.7 Å². The van der Waals surface area contributed by atoms with Crippen molar-refractivity contribution in [2.45, 2.75) is 57.4 Å². The smallest absolute Gasteiger partial charge is 0.272 e. The zero-order chi connectivity index (χ0) is 19.7. The van der Waals surface area contributed by atoms with Gasteiger partial charge in [-0.25, -0.2) is 0 Å². The van der Waals surface area contributed by atoms with Gasteiger partial charge in [0.15, 0.2) is 5.69 Å². The van der Waals surface area contributed by atoms with Gasteiger partial charge in [0.05, 0.1) is 0 Å². The molecule has 28 heavy (non-hydrogen) atoms. The molecule has 0 saturated heterocycles. The summed E-state index contributed by atoms with van der Waals surface area (Å²) >= 11 is 0. The Morgan fingerprint density at radius 1 is 1.07 bits per heavy atom. The lowest BCUT2D eigenvalue weighted by Gasteiger charge is -2.32. The van der Waals surface area contributed by atoms with Crippen LogP contribution in [-0.4, -0.2) is 70.7 Å². The molecular formula is C21H33N5O2. The first kappa shape index (κ1) is 19.4. The normalized spacial score (nSPS) is 25.2. The molecule has 2 amide bonds. The molecule has 154 valence electrons. The first-order valence-corrected chi connectivity index (χ1v) is 10.8. The molecule has 1 saturated carbocycles. The summed E-state index contributed by atoms with van der Waals surface area (Å²) in [5.74, 6) is 0.989. The van der Waals surface area contributed by atoms with Crippen molar-refractivity contribution in [3.05, 3.63) is 17.0 Å². The van der Waals surface area contributed by atoms with Crippen LogP contribution in [0.2, 0.25) is 0 Å². The summed E-state index contributed by atoms with van der Waals surface area (Å²) in [6.45, 7) is 3.76. The number of likely N-dealkylation sites (N-methyl/N-ethyl adjacent to an activating group) is 1. The third kappa shape index (κ3) is 4.24. The van der Waals surface area contributed by atoms with Crippen molar-refractivity contribution >= 4 is 11.8 Å². The molecule has 2 heterocycles. The number of carbonyl (C=O) groups is 2. The van der Waals surface area contributed by atoms with E-state index in [2.05, 4.69) is 15.3 Å². The molecule has 4 rings (SSSR count). The van der Waals surface area contributed by atoms with Crippen LogP contribution in [0.25, 0.3) is 0 Å². The minimum atomic E-state index is -0.0740. The van der Waals surface area contributed by atoms with Crippen molar-refractivity contribution in [2.75, 3.05) is 33.2 Å². The molecule has 1 fully saturated rings. The predicted molar refractivity (Wildman–Crippen MR) is 107 cm³/mol. The van der Waals surface area contributed by atoms with Gasteiger partial charge in [0.1, 0.15) is 0 Å². The van der Waals surface area contributed by atoms with Gasteiger partial charge in [-0.1, -0.05) is 0 Å². The third-order valence-electron chi connectivity index (χ3n) is 6.60. The monoisotopic (exact) mass is 387 g/mol. The van der Waals surface area contributed by atoms with E-state index < -0.39 is 0 Å². The number of aryl methyl sites for hydroxylation is 1. The zero-order valence-corrected chi connectivity index (χ0v) is 17.2. The number of nitrogens with one attached hydrogen (secondary N) is 1. The maximum atomic E-state index is 12.8. The Kier molecular flexibility index (Phi) is 5.71. The van der Waals surface area contributed by atoms with Gasteiger partial charge in [0, 0.05) is 50.9 Å². The highest BCUT2D eigenvalue weighted by Crippen LogP contribution is 2.30. The SMILES string of the molecule is CN1C(=O)CCCN(CC2CC2)CCCNC(=O)c2nn(C)c3c2CC1CC3. The molecule has 0 aromatic carbocycles. The van der Waals surface area contributed by atoms with Crippen molar-refractivity contribution < 1.29 is 9.59 Å². The second-order valence-electron chi connectivity index (χ2n) is 8.76. The van der Waals surface area contributed by atoms with Gasteiger partial charge in [-0.3, -0.25) is 14.3 Å². The molecule has 7 heteroatoms. The molecule has 0 spiro atoms. The summed E-state index contributed by atoms with van der Waals surface area (Å²) in [5, 5.41) is 7.59. The maximum Gasteiger partial charge on any atom is 0.272 e. The van der Waals surface area contributed by atoms with Crippen LogP contribution < -0.4 is 5.32 Å². The second kappa shape index (κ2) is 8.23. The molecule has 0 radical (unpaired) electrons. The number of amides is 2. The van der Waals surface area contributed by atoms with Crippen LogP contribution in [0, 0.1) is 5.92 Å². The first-order chi connectivity index (χ1) is 13.5. The molecule has 3 aliphatic rings. The second-order valence-corrected chi connectivity index (χ2v) is 8.76. The number of carbonyl (C=O) groups excluding carboxylic acids is 2. The third-order valence-corrected chi connectivity index (χ3v) is 6.60. The Bertz CT molecular complexity index is 739. The number of fused-ring (bicyclic) bond motifs is 1. The van der Waals surface area contributed by atoms with Gasteiger partial charge < -0.3 is 15.1 Å². The van der Waals surface area contributed by atoms with E-state index in [1.807, 2.05) is 23.7 Å². The Morgan fingerprint density at radius 3 is 2.64 bits per heavy atom. The summed E-state index contributed by atoms with van der Waals surface area (Å²) in [4.78, 5) is 29.9. The number of hydrogen-bond acceptors (Lipinski definition) is 4. The Labute approximate surface area is 167 Å². The van der Waals surface area contributed by atoms with Crippen LogP contribution >= 0.6 is 0 Å². The van der Waals surface area contributed by atoms with Gasteiger partial charge in [0.2, 0.25) is 5.91 Å². The van der Waals surface area contributed by atoms with Crippen molar-refractivity contribution in [1.29, 1.82) is 0 Å². The summed E-state index contributed by atoms with van der Waals surface area (Å²) in [7, 11) is 3.84. The van der Waals surface area contributed by atoms with E-state index in [9.17, 15) is 9.59 Å². The Balaban J connectivity index is 1.52. The van der Waals surface area contributed by atoms with Crippen molar-refractivity contribution in [3.63, 3.8) is 0 Å². The van der Waals surface area contributed by atoms with E-state index in [0.717, 1.165) is 68.9 Å². The highest BCUT2D eigenvalue weighted by molar-refractivity contribution is 5.94. The Morgan fingerprint density at radius 2 is 1.86 bits per heavy atom. The highest BCUT2D eigenvalue weighted by atomic mass is 16.2. The van der Waals surface area contributed by atoms with E-state index >= 15 is 0 Å². The fourth-order valence-corrected chi connectivity index (χ4v) is 4.67. The average molecular weight is 388 g/mol. The van der Waals surface area contributed by atoms with Gasteiger partial charge in [-0.15, -0.1) is 0 Å². The molecule has 1 aromatic heterocycles. The molecule has 1 N–H and O–H groups in total. The standard InChI is InChI=1S/C21H33N5O2/c1-24-16-8-9-18-17(13-16)20(23-25(18)2)21(28)22-10-4-12-26(14-15-6-7-15)11-3-5-19(24)27/h15-16H,3-14H2,1-2H3,(H,22,28). The largest absolute Gasteiger partial charge is 0.351 e. The number of rotatable bonds is 2. The summed E-state index contributed by atoms with van der Waals surface area (Å²) in [5.41, 5.74) is 2.72. The number of aromatic nitrogens is 2. The van der Waals surface area contributed by atoms with Crippen LogP contribution in [-0.2, 0) is 24.7 Å². The molecule has 7 nitrogen and oxygen atoms in total. The highest BCUT2D eigenvalue weighted by Gasteiger charge is 2.31. The molecular weight excluding hydrogens is 354 g/mol. The van der Waals surface area contributed by atoms with Crippen LogP contribution in [0.1, 0.15) is 60.3 Å². The lowest BCUT2D eigenvalue weighted by molar-refractivity contribution is -0.132. The predicted octanol–water partition coefficient (Wildman–Crippen LogP) is 1.36. The molecule has 1 aromatic rings. The average Bonchev–Trinajstić information content (AvgIpc) is 3.44. The van der Waals surface area contributed by atoms with Gasteiger partial charge in [0.25, 0.3) is 5.91 Å². The molecule has 1 aliphatic heterocycles. The van der Waals surface area contributed by atoms with Gasteiger partial charge >= 0.3 is 0 Å². The van der Waals surface area contributed by atoms with Crippen molar-refractivity contribution in [2.24, 2.45) is 13.0 Å². The molecule has 2 aliphatic carbocycles. The van der Waals surface area contributed by atoms with Crippen LogP contribution in [0.15, 0.2) is 0 Å². The van der Waals surface area contributed by atoms with Gasteiger partial charge in [-0.2, -0.15) is 5.10 Å². The zero-order valence-electron chi connectivity index (χ0n) is 17.2. The van der Waals surface area contributed by atoms with E-state index in [4.69, 9.17) is 0 Å². The summed E-state index contributed by atoms with van der Waals surface area (Å²) < 4.78 is 1.85. The lowest BCUT2D eigenvalue weighted by atomic mass is 9.90.